The molecular weight excluding hydrogens is 446 g/mol. The number of fused-ring (bicyclic) bond motifs is 4. The Morgan fingerprint density at radius 1 is 1.31 bits per heavy atom. The van der Waals surface area contributed by atoms with Crippen molar-refractivity contribution in [2.45, 2.75) is 31.0 Å². The van der Waals surface area contributed by atoms with E-state index >= 15 is 0 Å². The van der Waals surface area contributed by atoms with Crippen LogP contribution >= 0.6 is 0 Å². The number of hydrogen-bond acceptors (Lipinski definition) is 7. The minimum Gasteiger partial charge on any atom is -0.497 e. The number of nitro benzene ring substituents is 1. The molecule has 2 aromatic carbocycles. The largest absolute Gasteiger partial charge is 0.497 e. The Labute approximate surface area is 204 Å². The predicted octanol–water partition coefficient (Wildman–Crippen LogP) is 3.92. The van der Waals surface area contributed by atoms with Crippen LogP contribution in [0, 0.1) is 22.0 Å². The summed E-state index contributed by atoms with van der Waals surface area (Å²) in [6.45, 7) is 5.82. The van der Waals surface area contributed by atoms with Gasteiger partial charge in [-0.05, 0) is 73.2 Å². The van der Waals surface area contributed by atoms with Crippen molar-refractivity contribution in [3.05, 3.63) is 82.4 Å². The highest BCUT2D eigenvalue weighted by Gasteiger charge is 2.43. The number of Topliss-reactive ketones (excluding diaryl/α,β-unsaturated/α-hetero) is 1. The van der Waals surface area contributed by atoms with Gasteiger partial charge in [0.25, 0.3) is 5.69 Å². The van der Waals surface area contributed by atoms with Crippen molar-refractivity contribution in [3.8, 4) is 5.75 Å². The number of ether oxygens (including phenoxy) is 1. The van der Waals surface area contributed by atoms with Crippen LogP contribution in [0.25, 0.3) is 5.57 Å². The van der Waals surface area contributed by atoms with Crippen molar-refractivity contribution in [2.75, 3.05) is 25.5 Å². The number of carbonyl (C=O) groups excluding carboxylic acids is 1. The zero-order chi connectivity index (χ0) is 24.7. The minimum absolute atomic E-state index is 0.0384. The minimum atomic E-state index is -0.774. The number of hydrogen-bond donors (Lipinski definition) is 2. The zero-order valence-corrected chi connectivity index (χ0v) is 19.6. The molecule has 3 fully saturated rings. The van der Waals surface area contributed by atoms with E-state index in [4.69, 9.17) is 4.74 Å². The summed E-state index contributed by atoms with van der Waals surface area (Å²) in [7, 11) is 1.60. The molecule has 0 amide bonds. The first-order valence-corrected chi connectivity index (χ1v) is 11.9. The number of carbonyl (C=O) groups is 1. The summed E-state index contributed by atoms with van der Waals surface area (Å²) in [5, 5.41) is 25.9. The highest BCUT2D eigenvalue weighted by Crippen LogP contribution is 2.42. The Hall–Kier alpha value is -3.49. The molecule has 0 radical (unpaired) electrons. The lowest BCUT2D eigenvalue weighted by Gasteiger charge is -2.51. The molecule has 0 saturated carbocycles. The molecule has 182 valence electrons. The second-order valence-corrected chi connectivity index (χ2v) is 9.51. The summed E-state index contributed by atoms with van der Waals surface area (Å²) < 4.78 is 5.43. The summed E-state index contributed by atoms with van der Waals surface area (Å²) in [6, 6.07) is 10.4. The van der Waals surface area contributed by atoms with Crippen LogP contribution in [0.4, 0.5) is 11.4 Å². The third kappa shape index (κ3) is 4.24. The van der Waals surface area contributed by atoms with Gasteiger partial charge in [0, 0.05) is 41.5 Å². The molecule has 0 aliphatic carbocycles. The standard InChI is InChI=1S/C27H29N3O5/c1-3-16-15-29-11-10-18(16)12-25(29)27(32)22-14-24(28-23-9-8-20(35-2)13-21(22)23)26(31)17-4-6-19(7-5-17)30(33)34/h3-9,13-14,16,18,24-25,27-28,32H,1,10-12,15H2,2H3/t16-,18-,24?,25+,27-/m0/s1. The quantitative estimate of drug-likeness (QED) is 0.271. The number of piperidine rings is 3. The second kappa shape index (κ2) is 9.28. The Morgan fingerprint density at radius 3 is 2.71 bits per heavy atom. The first-order valence-electron chi connectivity index (χ1n) is 11.9. The van der Waals surface area contributed by atoms with Crippen LogP contribution in [-0.4, -0.2) is 59.1 Å². The number of methoxy groups -OCH3 is 1. The summed E-state index contributed by atoms with van der Waals surface area (Å²) in [5.41, 5.74) is 2.55. The monoisotopic (exact) mass is 475 g/mol. The third-order valence-electron chi connectivity index (χ3n) is 7.68. The van der Waals surface area contributed by atoms with Crippen LogP contribution in [-0.2, 0) is 0 Å². The normalized spacial score (nSPS) is 27.7. The lowest BCUT2D eigenvalue weighted by Crippen LogP contribution is -2.57. The number of rotatable bonds is 7. The van der Waals surface area contributed by atoms with E-state index in [-0.39, 0.29) is 17.5 Å². The van der Waals surface area contributed by atoms with Gasteiger partial charge in [0.2, 0.25) is 0 Å². The molecular formula is C27H29N3O5. The molecule has 4 heterocycles. The molecule has 0 aromatic heterocycles. The number of nitrogens with one attached hydrogen (secondary N) is 1. The van der Waals surface area contributed by atoms with Crippen molar-refractivity contribution >= 4 is 22.7 Å². The zero-order valence-electron chi connectivity index (χ0n) is 19.6. The van der Waals surface area contributed by atoms with Gasteiger partial charge in [-0.15, -0.1) is 6.58 Å². The average Bonchev–Trinajstić information content (AvgIpc) is 2.91. The molecule has 2 bridgehead atoms. The van der Waals surface area contributed by atoms with E-state index in [1.165, 1.54) is 24.3 Å². The summed E-state index contributed by atoms with van der Waals surface area (Å²) in [6.07, 6.45) is 5.03. The van der Waals surface area contributed by atoms with Crippen molar-refractivity contribution < 1.29 is 19.6 Å². The van der Waals surface area contributed by atoms with Gasteiger partial charge in [0.05, 0.1) is 18.1 Å². The lowest BCUT2D eigenvalue weighted by atomic mass is 9.73. The predicted molar refractivity (Wildman–Crippen MR) is 134 cm³/mol. The van der Waals surface area contributed by atoms with E-state index in [0.717, 1.165) is 37.2 Å². The number of benzene rings is 2. The third-order valence-corrected chi connectivity index (χ3v) is 7.68. The average molecular weight is 476 g/mol. The summed E-state index contributed by atoms with van der Waals surface area (Å²) in [4.78, 5) is 26.2. The van der Waals surface area contributed by atoms with Gasteiger partial charge in [-0.2, -0.15) is 0 Å². The van der Waals surface area contributed by atoms with Crippen LogP contribution in [0.3, 0.4) is 0 Å². The van der Waals surface area contributed by atoms with Crippen LogP contribution in [0.15, 0.2) is 61.2 Å². The highest BCUT2D eigenvalue weighted by atomic mass is 16.6. The van der Waals surface area contributed by atoms with Crippen molar-refractivity contribution in [3.63, 3.8) is 0 Å². The molecule has 8 nitrogen and oxygen atoms in total. The van der Waals surface area contributed by atoms with Gasteiger partial charge >= 0.3 is 0 Å². The maximum absolute atomic E-state index is 13.4. The first kappa shape index (κ1) is 23.3. The first-order chi connectivity index (χ1) is 16.9. The van der Waals surface area contributed by atoms with Gasteiger partial charge in [0.1, 0.15) is 11.8 Å². The second-order valence-electron chi connectivity index (χ2n) is 9.51. The van der Waals surface area contributed by atoms with Gasteiger partial charge in [-0.3, -0.25) is 19.8 Å². The molecule has 4 aliphatic rings. The molecule has 2 aromatic rings. The van der Waals surface area contributed by atoms with E-state index in [9.17, 15) is 20.0 Å². The molecule has 8 heteroatoms. The Bertz CT molecular complexity index is 1190. The fraction of sp³-hybridized carbons (Fsp3) is 0.370. The van der Waals surface area contributed by atoms with Crippen LogP contribution in [0.1, 0.15) is 28.8 Å². The molecule has 0 spiro atoms. The smallest absolute Gasteiger partial charge is 0.269 e. The molecule has 6 atom stereocenters. The molecule has 6 rings (SSSR count). The topological polar surface area (TPSA) is 105 Å². The van der Waals surface area contributed by atoms with E-state index in [2.05, 4.69) is 16.8 Å². The van der Waals surface area contributed by atoms with Gasteiger partial charge in [-0.1, -0.05) is 6.08 Å². The fourth-order valence-corrected chi connectivity index (χ4v) is 5.73. The van der Waals surface area contributed by atoms with E-state index < -0.39 is 17.1 Å². The lowest BCUT2D eigenvalue weighted by molar-refractivity contribution is -0.384. The van der Waals surface area contributed by atoms with Gasteiger partial charge < -0.3 is 15.2 Å². The van der Waals surface area contributed by atoms with Crippen LogP contribution < -0.4 is 10.1 Å². The van der Waals surface area contributed by atoms with Crippen molar-refractivity contribution in [1.29, 1.82) is 0 Å². The molecule has 4 aliphatic heterocycles. The van der Waals surface area contributed by atoms with E-state index in [0.29, 0.717) is 28.7 Å². The summed E-state index contributed by atoms with van der Waals surface area (Å²) in [5.74, 6) is 1.39. The van der Waals surface area contributed by atoms with E-state index in [1.807, 2.05) is 24.3 Å². The van der Waals surface area contributed by atoms with Crippen molar-refractivity contribution in [2.24, 2.45) is 11.8 Å². The highest BCUT2D eigenvalue weighted by molar-refractivity contribution is 6.05. The number of nitrogens with zero attached hydrogens (tertiary/aromatic N) is 2. The number of aliphatic hydroxyl groups is 1. The van der Waals surface area contributed by atoms with Crippen LogP contribution in [0.2, 0.25) is 0 Å². The molecule has 3 saturated heterocycles. The SMILES string of the molecule is C=C[C@H]1CN2CC[C@H]1C[C@@H]2[C@@H](O)C1=CC(C(=O)c2ccc([N+](=O)[O-])cc2)Nc2ccc(OC)cc21. The number of ketones is 1. The van der Waals surface area contributed by atoms with Crippen LogP contribution in [0.5, 0.6) is 5.75 Å². The maximum Gasteiger partial charge on any atom is 0.269 e. The van der Waals surface area contributed by atoms with Crippen molar-refractivity contribution in [1.82, 2.24) is 4.90 Å². The summed E-state index contributed by atoms with van der Waals surface area (Å²) >= 11 is 0. The van der Waals surface area contributed by atoms with E-state index in [1.54, 1.807) is 13.2 Å². The van der Waals surface area contributed by atoms with Gasteiger partial charge in [0.15, 0.2) is 5.78 Å². The molecule has 35 heavy (non-hydrogen) atoms. The fourth-order valence-electron chi connectivity index (χ4n) is 5.73. The van der Waals surface area contributed by atoms with Gasteiger partial charge in [-0.25, -0.2) is 0 Å². The Balaban J connectivity index is 1.48. The number of aliphatic hydroxyl groups excluding tert-OH is 1. The molecule has 2 N–H and O–H groups in total. The maximum atomic E-state index is 13.4. The number of anilines is 1. The number of non-ortho nitro benzene ring substituents is 1. The Morgan fingerprint density at radius 2 is 2.09 bits per heavy atom. The Kier molecular flexibility index (Phi) is 6.17. The molecule has 2 unspecified atom stereocenters. The number of nitro groups is 1.